The van der Waals surface area contributed by atoms with E-state index in [0.29, 0.717) is 16.5 Å². The molecule has 0 saturated carbocycles. The second kappa shape index (κ2) is 7.90. The molecule has 1 amide bonds. The number of methoxy groups -OCH3 is 1. The summed E-state index contributed by atoms with van der Waals surface area (Å²) in [7, 11) is 1.48. The molecule has 1 atom stereocenters. The number of anilines is 1. The number of carbonyl (C=O) groups excluding carboxylic acids is 1. The molecule has 0 saturated heterocycles. The number of carboxylic acids is 1. The van der Waals surface area contributed by atoms with Crippen LogP contribution in [0.15, 0.2) is 30.0 Å². The van der Waals surface area contributed by atoms with E-state index in [-0.39, 0.29) is 5.57 Å². The van der Waals surface area contributed by atoms with Crippen molar-refractivity contribution in [1.29, 1.82) is 5.26 Å². The molecular weight excluding hydrogens is 310 g/mol. The van der Waals surface area contributed by atoms with Crippen molar-refractivity contribution in [3.63, 3.8) is 0 Å². The Labute approximate surface area is 132 Å². The van der Waals surface area contributed by atoms with Gasteiger partial charge in [0.05, 0.1) is 12.1 Å². The molecule has 0 radical (unpaired) electrons. The van der Waals surface area contributed by atoms with Crippen LogP contribution in [0.5, 0.6) is 5.75 Å². The molecule has 1 unspecified atom stereocenters. The first kappa shape index (κ1) is 17.3. The van der Waals surface area contributed by atoms with Crippen LogP contribution in [-0.2, 0) is 9.59 Å². The molecule has 0 spiro atoms. The van der Waals surface area contributed by atoms with Crippen molar-refractivity contribution in [2.75, 3.05) is 12.4 Å². The summed E-state index contributed by atoms with van der Waals surface area (Å²) in [5.41, 5.74) is 0.276. The van der Waals surface area contributed by atoms with E-state index in [0.717, 1.165) is 0 Å². The number of hydrogen-bond acceptors (Lipinski definition) is 5. The minimum Gasteiger partial charge on any atom is -0.495 e. The number of halogens is 1. The molecule has 0 aliphatic heterocycles. The van der Waals surface area contributed by atoms with Crippen LogP contribution in [-0.4, -0.2) is 30.1 Å². The average Bonchev–Trinajstić information content (AvgIpc) is 2.47. The van der Waals surface area contributed by atoms with Crippen LogP contribution in [0, 0.1) is 11.3 Å². The van der Waals surface area contributed by atoms with Gasteiger partial charge in [-0.25, -0.2) is 0 Å². The minimum absolute atomic E-state index is 0.264. The number of amides is 1. The summed E-state index contributed by atoms with van der Waals surface area (Å²) < 4.78 is 5.00. The Bertz CT molecular complexity index is 652. The summed E-state index contributed by atoms with van der Waals surface area (Å²) >= 11 is 5.95. The fourth-order valence-corrected chi connectivity index (χ4v) is 1.65. The lowest BCUT2D eigenvalue weighted by Gasteiger charge is -2.09. The standard InChI is InChI=1S/C14H14ClN3O4/c1-8(14(20)21)18-13(19)9(6-16)7-17-10-3-4-12(22-2)11(15)5-10/h3-5,7-8,17H,1-2H3,(H,18,19)(H,20,21)/b9-7-. The lowest BCUT2D eigenvalue weighted by atomic mass is 10.2. The van der Waals surface area contributed by atoms with Crippen molar-refractivity contribution in [2.45, 2.75) is 13.0 Å². The zero-order chi connectivity index (χ0) is 16.7. The summed E-state index contributed by atoms with van der Waals surface area (Å²) in [6, 6.07) is 5.42. The van der Waals surface area contributed by atoms with Gasteiger partial charge in [-0.3, -0.25) is 9.59 Å². The molecule has 0 aliphatic carbocycles. The van der Waals surface area contributed by atoms with E-state index in [4.69, 9.17) is 26.7 Å². The van der Waals surface area contributed by atoms with E-state index in [1.165, 1.54) is 20.2 Å². The SMILES string of the molecule is COc1ccc(N/C=C(/C#N)C(=O)NC(C)C(=O)O)cc1Cl. The third-order valence-corrected chi connectivity index (χ3v) is 2.91. The third-order valence-electron chi connectivity index (χ3n) is 2.62. The fraction of sp³-hybridized carbons (Fsp3) is 0.214. The Kier molecular flexibility index (Phi) is 6.23. The fourth-order valence-electron chi connectivity index (χ4n) is 1.40. The molecule has 1 aromatic carbocycles. The van der Waals surface area contributed by atoms with Gasteiger partial charge in [0, 0.05) is 11.9 Å². The highest BCUT2D eigenvalue weighted by Gasteiger charge is 2.16. The molecule has 22 heavy (non-hydrogen) atoms. The van der Waals surface area contributed by atoms with E-state index in [1.807, 2.05) is 0 Å². The molecule has 8 heteroatoms. The van der Waals surface area contributed by atoms with Gasteiger partial charge >= 0.3 is 5.97 Å². The summed E-state index contributed by atoms with van der Waals surface area (Å²) in [5, 5.41) is 22.9. The number of aliphatic carboxylic acids is 1. The van der Waals surface area contributed by atoms with Crippen LogP contribution >= 0.6 is 11.6 Å². The number of carbonyl (C=O) groups is 2. The number of ether oxygens (including phenoxy) is 1. The Morgan fingerprint density at radius 2 is 2.18 bits per heavy atom. The lowest BCUT2D eigenvalue weighted by Crippen LogP contribution is -2.39. The van der Waals surface area contributed by atoms with Crippen LogP contribution in [0.2, 0.25) is 5.02 Å². The highest BCUT2D eigenvalue weighted by atomic mass is 35.5. The molecule has 1 rings (SSSR count). The number of nitrogens with one attached hydrogen (secondary N) is 2. The average molecular weight is 324 g/mol. The maximum Gasteiger partial charge on any atom is 0.325 e. The molecule has 0 aromatic heterocycles. The van der Waals surface area contributed by atoms with Gasteiger partial charge in [0.15, 0.2) is 0 Å². The summed E-state index contributed by atoms with van der Waals surface area (Å²) in [5.74, 6) is -1.49. The van der Waals surface area contributed by atoms with Crippen LogP contribution in [0.3, 0.4) is 0 Å². The topological polar surface area (TPSA) is 111 Å². The molecular formula is C14H14ClN3O4. The maximum atomic E-state index is 11.7. The number of carboxylic acid groups (broad SMARTS) is 1. The predicted molar refractivity (Wildman–Crippen MR) is 80.6 cm³/mol. The first-order valence-corrected chi connectivity index (χ1v) is 6.50. The number of rotatable bonds is 6. The van der Waals surface area contributed by atoms with E-state index in [2.05, 4.69) is 10.6 Å². The number of benzene rings is 1. The number of nitrogens with zero attached hydrogens (tertiary/aromatic N) is 1. The Balaban J connectivity index is 2.81. The molecule has 7 nitrogen and oxygen atoms in total. The monoisotopic (exact) mass is 323 g/mol. The van der Waals surface area contributed by atoms with Gasteiger partial charge < -0.3 is 20.5 Å². The zero-order valence-corrected chi connectivity index (χ0v) is 12.6. The first-order chi connectivity index (χ1) is 10.4. The highest BCUT2D eigenvalue weighted by Crippen LogP contribution is 2.27. The Morgan fingerprint density at radius 1 is 1.50 bits per heavy atom. The van der Waals surface area contributed by atoms with Gasteiger partial charge in [-0.15, -0.1) is 0 Å². The smallest absolute Gasteiger partial charge is 0.325 e. The van der Waals surface area contributed by atoms with Crippen molar-refractivity contribution in [3.8, 4) is 11.8 Å². The van der Waals surface area contributed by atoms with Gasteiger partial charge in [-0.2, -0.15) is 5.26 Å². The zero-order valence-electron chi connectivity index (χ0n) is 11.9. The van der Waals surface area contributed by atoms with Crippen LogP contribution in [0.25, 0.3) is 0 Å². The van der Waals surface area contributed by atoms with Crippen LogP contribution in [0.1, 0.15) is 6.92 Å². The van der Waals surface area contributed by atoms with E-state index in [9.17, 15) is 9.59 Å². The molecule has 116 valence electrons. The van der Waals surface area contributed by atoms with Crippen molar-refractivity contribution in [2.24, 2.45) is 0 Å². The van der Waals surface area contributed by atoms with Gasteiger partial charge in [0.2, 0.25) is 0 Å². The molecule has 1 aromatic rings. The second-order valence-electron chi connectivity index (χ2n) is 4.20. The maximum absolute atomic E-state index is 11.7. The normalized spacial score (nSPS) is 12.0. The van der Waals surface area contributed by atoms with E-state index in [1.54, 1.807) is 24.3 Å². The number of nitriles is 1. The van der Waals surface area contributed by atoms with Crippen molar-refractivity contribution in [1.82, 2.24) is 5.32 Å². The van der Waals surface area contributed by atoms with E-state index < -0.39 is 17.9 Å². The predicted octanol–water partition coefficient (Wildman–Crippen LogP) is 1.76. The summed E-state index contributed by atoms with van der Waals surface area (Å²) in [4.78, 5) is 22.4. The van der Waals surface area contributed by atoms with Gasteiger partial charge in [-0.05, 0) is 25.1 Å². The Hall–Kier alpha value is -2.72. The molecule has 3 N–H and O–H groups in total. The summed E-state index contributed by atoms with van der Waals surface area (Å²) in [6.45, 7) is 1.30. The number of hydrogen-bond donors (Lipinski definition) is 3. The lowest BCUT2D eigenvalue weighted by molar-refractivity contribution is -0.140. The van der Waals surface area contributed by atoms with Crippen LogP contribution < -0.4 is 15.4 Å². The Morgan fingerprint density at radius 3 is 2.68 bits per heavy atom. The van der Waals surface area contributed by atoms with Crippen LogP contribution in [0.4, 0.5) is 5.69 Å². The second-order valence-corrected chi connectivity index (χ2v) is 4.60. The third kappa shape index (κ3) is 4.68. The van der Waals surface area contributed by atoms with Gasteiger partial charge in [-0.1, -0.05) is 11.6 Å². The quantitative estimate of drug-likeness (QED) is 0.543. The van der Waals surface area contributed by atoms with Crippen molar-refractivity contribution in [3.05, 3.63) is 35.0 Å². The first-order valence-electron chi connectivity index (χ1n) is 6.13. The molecule has 0 aliphatic rings. The molecule has 0 fully saturated rings. The van der Waals surface area contributed by atoms with Crippen molar-refractivity contribution >= 4 is 29.2 Å². The highest BCUT2D eigenvalue weighted by molar-refractivity contribution is 6.32. The molecule has 0 bridgehead atoms. The van der Waals surface area contributed by atoms with E-state index >= 15 is 0 Å². The minimum atomic E-state index is -1.19. The van der Waals surface area contributed by atoms with Crippen molar-refractivity contribution < 1.29 is 19.4 Å². The largest absolute Gasteiger partial charge is 0.495 e. The van der Waals surface area contributed by atoms with Gasteiger partial charge in [0.1, 0.15) is 23.4 Å². The molecule has 0 heterocycles. The van der Waals surface area contributed by atoms with Gasteiger partial charge in [0.25, 0.3) is 5.91 Å². The summed E-state index contributed by atoms with van der Waals surface area (Å²) in [6.07, 6.45) is 1.17.